The lowest BCUT2D eigenvalue weighted by Crippen LogP contribution is -2.33. The van der Waals surface area contributed by atoms with Gasteiger partial charge in [-0.05, 0) is 41.5 Å². The predicted octanol–water partition coefficient (Wildman–Crippen LogP) is 4.18. The van der Waals surface area contributed by atoms with Gasteiger partial charge in [-0.1, -0.05) is 31.2 Å². The number of hydrogen-bond acceptors (Lipinski definition) is 6. The average molecular weight is 439 g/mol. The second-order valence-corrected chi connectivity index (χ2v) is 9.36. The number of anilines is 1. The molecule has 0 saturated heterocycles. The zero-order valence-electron chi connectivity index (χ0n) is 17.0. The maximum atomic E-state index is 13.8. The van der Waals surface area contributed by atoms with E-state index >= 15 is 0 Å². The summed E-state index contributed by atoms with van der Waals surface area (Å²) in [6, 6.07) is 16.4. The van der Waals surface area contributed by atoms with E-state index in [9.17, 15) is 13.5 Å². The van der Waals surface area contributed by atoms with Crippen LogP contribution in [-0.2, 0) is 10.0 Å². The van der Waals surface area contributed by atoms with Gasteiger partial charge in [-0.2, -0.15) is 0 Å². The summed E-state index contributed by atoms with van der Waals surface area (Å²) >= 11 is 0. The molecule has 160 valence electrons. The molecule has 3 aromatic rings. The number of fused-ring (bicyclic) bond motifs is 2. The number of rotatable bonds is 4. The first kappa shape index (κ1) is 19.6. The van der Waals surface area contributed by atoms with Crippen LogP contribution in [-0.4, -0.2) is 27.4 Å². The van der Waals surface area contributed by atoms with Gasteiger partial charge in [-0.15, -0.1) is 0 Å². The van der Waals surface area contributed by atoms with E-state index in [1.54, 1.807) is 48.5 Å². The van der Waals surface area contributed by atoms with Crippen LogP contribution in [0.3, 0.4) is 0 Å². The third-order valence-corrected chi connectivity index (χ3v) is 7.63. The molecular formula is C23H21NO6S. The van der Waals surface area contributed by atoms with E-state index < -0.39 is 16.1 Å². The molecule has 5 rings (SSSR count). The van der Waals surface area contributed by atoms with E-state index in [1.807, 2.05) is 19.1 Å². The van der Waals surface area contributed by atoms with Crippen LogP contribution < -0.4 is 18.5 Å². The van der Waals surface area contributed by atoms with E-state index in [0.717, 1.165) is 11.1 Å². The lowest BCUT2D eigenvalue weighted by atomic mass is 9.92. The van der Waals surface area contributed by atoms with Crippen LogP contribution in [0.2, 0.25) is 0 Å². The summed E-state index contributed by atoms with van der Waals surface area (Å²) < 4.78 is 45.2. The van der Waals surface area contributed by atoms with Crippen molar-refractivity contribution >= 4 is 15.7 Å². The number of aromatic hydroxyl groups is 1. The van der Waals surface area contributed by atoms with Gasteiger partial charge in [0.05, 0.1) is 23.7 Å². The number of sulfonamides is 1. The number of methoxy groups -OCH3 is 1. The van der Waals surface area contributed by atoms with Crippen molar-refractivity contribution in [1.29, 1.82) is 0 Å². The molecule has 0 spiro atoms. The van der Waals surface area contributed by atoms with Gasteiger partial charge in [-0.25, -0.2) is 8.42 Å². The van der Waals surface area contributed by atoms with Gasteiger partial charge in [0.15, 0.2) is 23.0 Å². The molecule has 0 fully saturated rings. The molecule has 2 aliphatic heterocycles. The molecular weight excluding hydrogens is 418 g/mol. The van der Waals surface area contributed by atoms with Crippen molar-refractivity contribution in [3.8, 4) is 23.0 Å². The molecule has 2 atom stereocenters. The number of phenols is 1. The molecule has 0 radical (unpaired) electrons. The number of benzene rings is 3. The van der Waals surface area contributed by atoms with E-state index in [-0.39, 0.29) is 29.1 Å². The Morgan fingerprint density at radius 3 is 2.52 bits per heavy atom. The predicted molar refractivity (Wildman–Crippen MR) is 114 cm³/mol. The Bertz CT molecular complexity index is 1260. The van der Waals surface area contributed by atoms with Crippen molar-refractivity contribution in [3.63, 3.8) is 0 Å². The fourth-order valence-corrected chi connectivity index (χ4v) is 6.07. The Kier molecular flexibility index (Phi) is 4.48. The number of ether oxygens (including phenoxy) is 3. The van der Waals surface area contributed by atoms with Crippen LogP contribution >= 0.6 is 0 Å². The third-order valence-electron chi connectivity index (χ3n) is 5.82. The summed E-state index contributed by atoms with van der Waals surface area (Å²) in [5.74, 6) is 1.16. The first-order chi connectivity index (χ1) is 14.9. The summed E-state index contributed by atoms with van der Waals surface area (Å²) in [5, 5.41) is 10.4. The Hall–Kier alpha value is -3.39. The maximum absolute atomic E-state index is 13.8. The summed E-state index contributed by atoms with van der Waals surface area (Å²) in [6.07, 6.45) is 0. The molecule has 0 amide bonds. The van der Waals surface area contributed by atoms with Crippen LogP contribution in [0.1, 0.15) is 30.0 Å². The van der Waals surface area contributed by atoms with Gasteiger partial charge in [-0.3, -0.25) is 4.31 Å². The van der Waals surface area contributed by atoms with Crippen molar-refractivity contribution in [1.82, 2.24) is 0 Å². The normalized spacial score (nSPS) is 19.4. The molecule has 7 nitrogen and oxygen atoms in total. The van der Waals surface area contributed by atoms with Gasteiger partial charge >= 0.3 is 0 Å². The molecule has 0 bridgehead atoms. The first-order valence-corrected chi connectivity index (χ1v) is 11.3. The highest BCUT2D eigenvalue weighted by Gasteiger charge is 2.45. The minimum absolute atomic E-state index is 0.0310. The Labute approximate surface area is 180 Å². The molecule has 3 aromatic carbocycles. The first-order valence-electron chi connectivity index (χ1n) is 9.81. The van der Waals surface area contributed by atoms with Crippen molar-refractivity contribution in [3.05, 3.63) is 71.8 Å². The van der Waals surface area contributed by atoms with Crippen molar-refractivity contribution in [2.45, 2.75) is 23.8 Å². The summed E-state index contributed by atoms with van der Waals surface area (Å²) in [7, 11) is -2.47. The maximum Gasteiger partial charge on any atom is 0.264 e. The highest BCUT2D eigenvalue weighted by molar-refractivity contribution is 7.92. The van der Waals surface area contributed by atoms with Crippen LogP contribution in [0.5, 0.6) is 23.0 Å². The van der Waals surface area contributed by atoms with Gasteiger partial charge in [0, 0.05) is 12.0 Å². The Morgan fingerprint density at radius 1 is 1.03 bits per heavy atom. The van der Waals surface area contributed by atoms with Gasteiger partial charge in [0.2, 0.25) is 6.79 Å². The van der Waals surface area contributed by atoms with E-state index in [1.165, 1.54) is 11.4 Å². The van der Waals surface area contributed by atoms with Crippen molar-refractivity contribution < 1.29 is 27.7 Å². The SMILES string of the molecule is COc1cc2c(cc1O)C(C)C(c1ccc3c(c1)OCO3)N2S(=O)(=O)c1ccccc1. The summed E-state index contributed by atoms with van der Waals surface area (Å²) in [5.41, 5.74) is 1.97. The fraction of sp³-hybridized carbons (Fsp3) is 0.217. The van der Waals surface area contributed by atoms with E-state index in [4.69, 9.17) is 14.2 Å². The zero-order chi connectivity index (χ0) is 21.8. The molecule has 31 heavy (non-hydrogen) atoms. The van der Waals surface area contributed by atoms with E-state index in [0.29, 0.717) is 17.2 Å². The minimum atomic E-state index is -3.91. The average Bonchev–Trinajstić information content (AvgIpc) is 3.36. The number of nitrogens with zero attached hydrogens (tertiary/aromatic N) is 1. The van der Waals surface area contributed by atoms with Gasteiger partial charge in [0.1, 0.15) is 0 Å². The smallest absolute Gasteiger partial charge is 0.264 e. The summed E-state index contributed by atoms with van der Waals surface area (Å²) in [4.78, 5) is 0.188. The zero-order valence-corrected chi connectivity index (χ0v) is 17.8. The van der Waals surface area contributed by atoms with Crippen LogP contribution in [0.15, 0.2) is 65.6 Å². The number of phenolic OH excluding ortho intramolecular Hbond substituents is 1. The van der Waals surface area contributed by atoms with Crippen LogP contribution in [0.4, 0.5) is 5.69 Å². The Balaban J connectivity index is 1.73. The second-order valence-electron chi connectivity index (χ2n) is 7.54. The Morgan fingerprint density at radius 2 is 1.77 bits per heavy atom. The minimum Gasteiger partial charge on any atom is -0.504 e. The molecule has 0 aromatic heterocycles. The van der Waals surface area contributed by atoms with Gasteiger partial charge in [0.25, 0.3) is 10.0 Å². The molecule has 2 unspecified atom stereocenters. The van der Waals surface area contributed by atoms with E-state index in [2.05, 4.69) is 0 Å². The summed E-state index contributed by atoms with van der Waals surface area (Å²) in [6.45, 7) is 2.08. The quantitative estimate of drug-likeness (QED) is 0.656. The number of hydrogen-bond donors (Lipinski definition) is 1. The second kappa shape index (κ2) is 7.09. The molecule has 2 aliphatic rings. The lowest BCUT2D eigenvalue weighted by molar-refractivity contribution is 0.174. The van der Waals surface area contributed by atoms with Crippen LogP contribution in [0.25, 0.3) is 0 Å². The molecule has 8 heteroatoms. The van der Waals surface area contributed by atoms with Gasteiger partial charge < -0.3 is 19.3 Å². The fourth-order valence-electron chi connectivity index (χ4n) is 4.32. The van der Waals surface area contributed by atoms with Crippen molar-refractivity contribution in [2.75, 3.05) is 18.2 Å². The molecule has 2 heterocycles. The highest BCUT2D eigenvalue weighted by atomic mass is 32.2. The molecule has 0 saturated carbocycles. The topological polar surface area (TPSA) is 85.3 Å². The molecule has 0 aliphatic carbocycles. The largest absolute Gasteiger partial charge is 0.504 e. The highest BCUT2D eigenvalue weighted by Crippen LogP contribution is 2.54. The standard InChI is InChI=1S/C23H21NO6S/c1-14-17-11-19(25)21(28-2)12-18(17)24(31(26,27)16-6-4-3-5-7-16)23(14)15-8-9-20-22(10-15)30-13-29-20/h3-12,14,23,25H,13H2,1-2H3. The molecule has 1 N–H and O–H groups in total. The van der Waals surface area contributed by atoms with Crippen molar-refractivity contribution in [2.24, 2.45) is 0 Å². The lowest BCUT2D eigenvalue weighted by Gasteiger charge is -2.29. The van der Waals surface area contributed by atoms with Crippen LogP contribution in [0, 0.1) is 0 Å². The monoisotopic (exact) mass is 439 g/mol. The third kappa shape index (κ3) is 2.97.